The summed E-state index contributed by atoms with van der Waals surface area (Å²) in [5.74, 6) is -0.836. The summed E-state index contributed by atoms with van der Waals surface area (Å²) in [4.78, 5) is 35.9. The van der Waals surface area contributed by atoms with Crippen molar-refractivity contribution in [2.45, 2.75) is 0 Å². The lowest BCUT2D eigenvalue weighted by molar-refractivity contribution is -0.120. The average molecular weight is 392 g/mol. The normalized spacial score (nSPS) is 9.89. The number of halogens is 1. The average Bonchev–Trinajstić information content (AvgIpc) is 2.69. The highest BCUT2D eigenvalue weighted by molar-refractivity contribution is 6.31. The molecule has 3 amide bonds. The Labute approximate surface area is 160 Å². The molecule has 3 N–H and O–H groups in total. The smallest absolute Gasteiger partial charge is 0.273 e. The van der Waals surface area contributed by atoms with Crippen LogP contribution in [0.3, 0.4) is 0 Å². The lowest BCUT2D eigenvalue weighted by atomic mass is 10.2. The molecule has 2 aromatic rings. The number of carbonyl (C=O) groups is 3. The molecule has 27 heavy (non-hydrogen) atoms. The Morgan fingerprint density at radius 2 is 1.74 bits per heavy atom. The monoisotopic (exact) mass is 391 g/mol. The van der Waals surface area contributed by atoms with E-state index >= 15 is 0 Å². The number of hydrazine groups is 1. The SMILES string of the molecule is COc1ccc(C(=O)NNC(=O)CNC(=O)c2cccc(Cl)c2)c(OC)c1. The lowest BCUT2D eigenvalue weighted by Gasteiger charge is -2.12. The molecule has 2 aromatic carbocycles. The van der Waals surface area contributed by atoms with Crippen LogP contribution in [0.1, 0.15) is 20.7 Å². The van der Waals surface area contributed by atoms with E-state index in [1.165, 1.54) is 26.4 Å². The number of benzene rings is 2. The molecule has 0 aliphatic rings. The molecule has 142 valence electrons. The van der Waals surface area contributed by atoms with Crippen molar-refractivity contribution in [1.82, 2.24) is 16.2 Å². The summed E-state index contributed by atoms with van der Waals surface area (Å²) in [6.07, 6.45) is 0. The van der Waals surface area contributed by atoms with Crippen LogP contribution in [0.2, 0.25) is 5.02 Å². The van der Waals surface area contributed by atoms with Gasteiger partial charge in [0.2, 0.25) is 0 Å². The van der Waals surface area contributed by atoms with E-state index in [1.54, 1.807) is 30.3 Å². The first-order valence-electron chi connectivity index (χ1n) is 7.79. The molecule has 0 fully saturated rings. The standard InChI is InChI=1S/C18H18ClN3O5/c1-26-13-6-7-14(15(9-13)27-2)18(25)22-21-16(23)10-20-17(24)11-4-3-5-12(19)8-11/h3-9H,10H2,1-2H3,(H,20,24)(H,21,23)(H,22,25). The maximum atomic E-state index is 12.2. The van der Waals surface area contributed by atoms with E-state index in [0.717, 1.165) is 0 Å². The number of methoxy groups -OCH3 is 2. The van der Waals surface area contributed by atoms with E-state index in [2.05, 4.69) is 16.2 Å². The van der Waals surface area contributed by atoms with E-state index in [0.29, 0.717) is 16.3 Å². The molecule has 0 saturated heterocycles. The molecular weight excluding hydrogens is 374 g/mol. The van der Waals surface area contributed by atoms with Crippen molar-refractivity contribution < 1.29 is 23.9 Å². The molecule has 8 nitrogen and oxygen atoms in total. The number of rotatable bonds is 6. The summed E-state index contributed by atoms with van der Waals surface area (Å²) < 4.78 is 10.2. The first kappa shape index (κ1) is 20.1. The zero-order valence-corrected chi connectivity index (χ0v) is 15.4. The highest BCUT2D eigenvalue weighted by atomic mass is 35.5. The van der Waals surface area contributed by atoms with Gasteiger partial charge in [-0.2, -0.15) is 0 Å². The summed E-state index contributed by atoms with van der Waals surface area (Å²) in [5.41, 5.74) is 5.00. The Morgan fingerprint density at radius 1 is 0.963 bits per heavy atom. The number of amides is 3. The van der Waals surface area contributed by atoms with E-state index in [-0.39, 0.29) is 17.9 Å². The molecule has 0 aromatic heterocycles. The molecule has 0 aliphatic carbocycles. The van der Waals surface area contributed by atoms with E-state index in [9.17, 15) is 14.4 Å². The van der Waals surface area contributed by atoms with Gasteiger partial charge in [0.15, 0.2) is 0 Å². The van der Waals surface area contributed by atoms with Crippen LogP contribution >= 0.6 is 11.6 Å². The fourth-order valence-electron chi connectivity index (χ4n) is 2.12. The van der Waals surface area contributed by atoms with Gasteiger partial charge in [0.1, 0.15) is 11.5 Å². The predicted octanol–water partition coefficient (Wildman–Crippen LogP) is 1.55. The quantitative estimate of drug-likeness (QED) is 0.648. The highest BCUT2D eigenvalue weighted by Gasteiger charge is 2.14. The second-order valence-electron chi connectivity index (χ2n) is 5.26. The van der Waals surface area contributed by atoms with Gasteiger partial charge >= 0.3 is 0 Å². The zero-order valence-electron chi connectivity index (χ0n) is 14.7. The second-order valence-corrected chi connectivity index (χ2v) is 5.70. The number of ether oxygens (including phenoxy) is 2. The third kappa shape index (κ3) is 5.61. The number of hydrogen-bond donors (Lipinski definition) is 3. The summed E-state index contributed by atoms with van der Waals surface area (Å²) >= 11 is 5.81. The van der Waals surface area contributed by atoms with Crippen molar-refractivity contribution in [2.24, 2.45) is 0 Å². The van der Waals surface area contributed by atoms with Gasteiger partial charge in [0.05, 0.1) is 26.3 Å². The largest absolute Gasteiger partial charge is 0.497 e. The van der Waals surface area contributed by atoms with Crippen LogP contribution in [0.25, 0.3) is 0 Å². The van der Waals surface area contributed by atoms with Gasteiger partial charge in [-0.05, 0) is 30.3 Å². The number of carbonyl (C=O) groups excluding carboxylic acids is 3. The molecule has 0 spiro atoms. The summed E-state index contributed by atoms with van der Waals surface area (Å²) in [6, 6.07) is 10.9. The van der Waals surface area contributed by atoms with Crippen molar-refractivity contribution in [3.63, 3.8) is 0 Å². The van der Waals surface area contributed by atoms with Crippen molar-refractivity contribution >= 4 is 29.3 Å². The first-order chi connectivity index (χ1) is 12.9. The molecule has 0 heterocycles. The number of hydrogen-bond acceptors (Lipinski definition) is 5. The van der Waals surface area contributed by atoms with E-state index in [1.807, 2.05) is 0 Å². The Balaban J connectivity index is 1.86. The second kappa shape index (κ2) is 9.44. The Morgan fingerprint density at radius 3 is 2.41 bits per heavy atom. The number of nitrogens with one attached hydrogen (secondary N) is 3. The third-order valence-corrected chi connectivity index (χ3v) is 3.70. The lowest BCUT2D eigenvalue weighted by Crippen LogP contribution is -2.46. The van der Waals surface area contributed by atoms with Gasteiger partial charge in [0.25, 0.3) is 17.7 Å². The third-order valence-electron chi connectivity index (χ3n) is 3.47. The minimum absolute atomic E-state index is 0.210. The molecule has 0 saturated carbocycles. The predicted molar refractivity (Wildman–Crippen MR) is 98.9 cm³/mol. The van der Waals surface area contributed by atoms with Crippen LogP contribution in [0, 0.1) is 0 Å². The van der Waals surface area contributed by atoms with Gasteiger partial charge in [0, 0.05) is 16.7 Å². The van der Waals surface area contributed by atoms with Crippen molar-refractivity contribution in [3.8, 4) is 11.5 Å². The fourth-order valence-corrected chi connectivity index (χ4v) is 2.31. The van der Waals surface area contributed by atoms with E-state index in [4.69, 9.17) is 21.1 Å². The molecule has 0 aliphatic heterocycles. The van der Waals surface area contributed by atoms with Crippen molar-refractivity contribution in [1.29, 1.82) is 0 Å². The van der Waals surface area contributed by atoms with Crippen molar-refractivity contribution in [2.75, 3.05) is 20.8 Å². The van der Waals surface area contributed by atoms with Crippen LogP contribution in [0.5, 0.6) is 11.5 Å². The molecule has 0 unspecified atom stereocenters. The molecule has 9 heteroatoms. The van der Waals surface area contributed by atoms with Crippen molar-refractivity contribution in [3.05, 3.63) is 58.6 Å². The summed E-state index contributed by atoms with van der Waals surface area (Å²) in [5, 5.41) is 2.83. The summed E-state index contributed by atoms with van der Waals surface area (Å²) in [6.45, 7) is -0.328. The van der Waals surface area contributed by atoms with Gasteiger partial charge in [-0.1, -0.05) is 17.7 Å². The minimum Gasteiger partial charge on any atom is -0.497 e. The Hall–Kier alpha value is -3.26. The fraction of sp³-hybridized carbons (Fsp3) is 0.167. The maximum Gasteiger partial charge on any atom is 0.273 e. The highest BCUT2D eigenvalue weighted by Crippen LogP contribution is 2.24. The zero-order chi connectivity index (χ0) is 19.8. The molecular formula is C18H18ClN3O5. The maximum absolute atomic E-state index is 12.2. The molecule has 0 radical (unpaired) electrons. The van der Waals surface area contributed by atoms with Crippen LogP contribution in [0.15, 0.2) is 42.5 Å². The molecule has 0 bridgehead atoms. The van der Waals surface area contributed by atoms with E-state index < -0.39 is 17.7 Å². The van der Waals surface area contributed by atoms with Gasteiger partial charge < -0.3 is 14.8 Å². The Kier molecular flexibility index (Phi) is 7.01. The van der Waals surface area contributed by atoms with Gasteiger partial charge in [-0.15, -0.1) is 0 Å². The van der Waals surface area contributed by atoms with Crippen LogP contribution in [-0.4, -0.2) is 38.5 Å². The summed E-state index contributed by atoms with van der Waals surface area (Å²) in [7, 11) is 2.90. The van der Waals surface area contributed by atoms with Crippen LogP contribution < -0.4 is 25.6 Å². The first-order valence-corrected chi connectivity index (χ1v) is 8.17. The van der Waals surface area contributed by atoms with Gasteiger partial charge in [-0.3, -0.25) is 25.2 Å². The van der Waals surface area contributed by atoms with Crippen LogP contribution in [0.4, 0.5) is 0 Å². The molecule has 0 atom stereocenters. The molecule has 2 rings (SSSR count). The minimum atomic E-state index is -0.605. The Bertz CT molecular complexity index is 857. The van der Waals surface area contributed by atoms with Crippen LogP contribution in [-0.2, 0) is 4.79 Å². The topological polar surface area (TPSA) is 106 Å². The van der Waals surface area contributed by atoms with Gasteiger partial charge in [-0.25, -0.2) is 0 Å².